The highest BCUT2D eigenvalue weighted by atomic mass is 16.5. The lowest BCUT2D eigenvalue weighted by atomic mass is 10.00. The zero-order valence-corrected chi connectivity index (χ0v) is 11.9. The minimum Gasteiger partial charge on any atom is -0.388 e. The molecule has 3 nitrogen and oxygen atoms in total. The second kappa shape index (κ2) is 5.17. The molecule has 0 saturated carbocycles. The van der Waals surface area contributed by atoms with Crippen molar-refractivity contribution < 1.29 is 9.84 Å². The Bertz CT molecular complexity index is 771. The van der Waals surface area contributed by atoms with Crippen molar-refractivity contribution in [2.24, 2.45) is 0 Å². The van der Waals surface area contributed by atoms with E-state index >= 15 is 0 Å². The molecule has 0 spiro atoms. The molecule has 1 fully saturated rings. The molecule has 1 saturated heterocycles. The van der Waals surface area contributed by atoms with E-state index in [0.29, 0.717) is 6.42 Å². The molecule has 108 valence electrons. The summed E-state index contributed by atoms with van der Waals surface area (Å²) in [7, 11) is 0. The molecule has 0 amide bonds. The molecule has 21 heavy (non-hydrogen) atoms. The third-order valence-corrected chi connectivity index (χ3v) is 4.43. The van der Waals surface area contributed by atoms with Gasteiger partial charge in [-0.2, -0.15) is 0 Å². The summed E-state index contributed by atoms with van der Waals surface area (Å²) in [4.78, 5) is 3.41. The fraction of sp³-hybridized carbons (Fsp3) is 0.333. The van der Waals surface area contributed by atoms with E-state index in [1.54, 1.807) is 0 Å². The molecule has 3 heteroatoms. The summed E-state index contributed by atoms with van der Waals surface area (Å²) < 4.78 is 5.62. The van der Waals surface area contributed by atoms with Gasteiger partial charge in [0.2, 0.25) is 0 Å². The number of benzene rings is 2. The minimum atomic E-state index is -0.453. The van der Waals surface area contributed by atoms with Gasteiger partial charge < -0.3 is 14.8 Å². The molecule has 2 unspecified atom stereocenters. The summed E-state index contributed by atoms with van der Waals surface area (Å²) in [5.74, 6) is 0. The van der Waals surface area contributed by atoms with E-state index in [2.05, 4.69) is 29.2 Å². The van der Waals surface area contributed by atoms with E-state index in [9.17, 15) is 5.11 Å². The van der Waals surface area contributed by atoms with Crippen molar-refractivity contribution in [3.63, 3.8) is 0 Å². The van der Waals surface area contributed by atoms with Crippen LogP contribution in [0.4, 0.5) is 0 Å². The number of H-pyrrole nitrogens is 1. The Balaban J connectivity index is 1.70. The molecular weight excluding hydrogens is 262 g/mol. The van der Waals surface area contributed by atoms with Crippen LogP contribution in [-0.2, 0) is 4.74 Å². The van der Waals surface area contributed by atoms with Crippen molar-refractivity contribution in [3.05, 3.63) is 48.0 Å². The third kappa shape index (κ3) is 2.33. The molecule has 2 N–H and O–H groups in total. The Hall–Kier alpha value is -1.84. The lowest BCUT2D eigenvalue weighted by Gasteiger charge is -2.15. The van der Waals surface area contributed by atoms with Crippen LogP contribution in [0.1, 0.15) is 30.9 Å². The van der Waals surface area contributed by atoms with Crippen LogP contribution in [0.15, 0.2) is 42.5 Å². The molecule has 0 radical (unpaired) electrons. The number of hydrogen-bond acceptors (Lipinski definition) is 2. The van der Waals surface area contributed by atoms with E-state index < -0.39 is 6.10 Å². The maximum Gasteiger partial charge on any atom is 0.0815 e. The average Bonchev–Trinajstić information content (AvgIpc) is 3.13. The molecule has 1 aromatic heterocycles. The van der Waals surface area contributed by atoms with Crippen LogP contribution < -0.4 is 0 Å². The molecule has 2 atom stereocenters. The van der Waals surface area contributed by atoms with E-state index in [1.807, 2.05) is 18.2 Å². The van der Waals surface area contributed by atoms with Gasteiger partial charge in [-0.3, -0.25) is 0 Å². The van der Waals surface area contributed by atoms with E-state index in [0.717, 1.165) is 36.0 Å². The van der Waals surface area contributed by atoms with E-state index in [-0.39, 0.29) is 6.10 Å². The number of hydrogen-bond donors (Lipinski definition) is 2. The Morgan fingerprint density at radius 2 is 2.00 bits per heavy atom. The number of nitrogens with one attached hydrogen (secondary N) is 1. The lowest BCUT2D eigenvalue weighted by Crippen LogP contribution is -2.11. The highest BCUT2D eigenvalue weighted by Crippen LogP contribution is 2.30. The fourth-order valence-electron chi connectivity index (χ4n) is 3.29. The van der Waals surface area contributed by atoms with Gasteiger partial charge in [0.1, 0.15) is 0 Å². The number of aliphatic hydroxyl groups excluding tert-OH is 1. The van der Waals surface area contributed by atoms with Gasteiger partial charge in [0.25, 0.3) is 0 Å². The molecule has 4 rings (SSSR count). The smallest absolute Gasteiger partial charge is 0.0815 e. The monoisotopic (exact) mass is 281 g/mol. The molecule has 2 heterocycles. The summed E-state index contributed by atoms with van der Waals surface area (Å²) in [6.07, 6.45) is 2.61. The molecule has 0 aliphatic carbocycles. The van der Waals surface area contributed by atoms with E-state index in [1.165, 1.54) is 10.8 Å². The van der Waals surface area contributed by atoms with Crippen molar-refractivity contribution in [2.45, 2.75) is 31.5 Å². The van der Waals surface area contributed by atoms with Gasteiger partial charge in [-0.15, -0.1) is 0 Å². The number of ether oxygens (including phenoxy) is 1. The molecule has 2 aromatic carbocycles. The average molecular weight is 281 g/mol. The Kier molecular flexibility index (Phi) is 3.17. The first-order chi connectivity index (χ1) is 10.3. The van der Waals surface area contributed by atoms with Crippen molar-refractivity contribution in [3.8, 4) is 0 Å². The molecule has 1 aliphatic rings. The van der Waals surface area contributed by atoms with Gasteiger partial charge in [-0.05, 0) is 36.6 Å². The SMILES string of the molecule is OC(CC1CCCO1)c1ccc2[nH]c3ccccc3c2c1. The standard InChI is InChI=1S/C18H19NO2/c20-18(11-13-4-3-9-21-13)12-7-8-17-15(10-12)14-5-1-2-6-16(14)19-17/h1-2,5-8,10,13,18-20H,3-4,9,11H2. The zero-order valence-electron chi connectivity index (χ0n) is 11.9. The summed E-state index contributed by atoms with van der Waals surface area (Å²) in [6, 6.07) is 14.5. The second-order valence-corrected chi connectivity index (χ2v) is 5.86. The van der Waals surface area contributed by atoms with Crippen LogP contribution >= 0.6 is 0 Å². The highest BCUT2D eigenvalue weighted by Gasteiger charge is 2.20. The number of aromatic amines is 1. The van der Waals surface area contributed by atoms with Gasteiger partial charge in [-0.1, -0.05) is 24.3 Å². The van der Waals surface area contributed by atoms with Crippen LogP contribution in [0.25, 0.3) is 21.8 Å². The van der Waals surface area contributed by atoms with Crippen LogP contribution in [-0.4, -0.2) is 22.8 Å². The van der Waals surface area contributed by atoms with Gasteiger partial charge in [0.15, 0.2) is 0 Å². The first-order valence-electron chi connectivity index (χ1n) is 7.61. The summed E-state index contributed by atoms with van der Waals surface area (Å²) in [5, 5.41) is 12.8. The quantitative estimate of drug-likeness (QED) is 0.764. The van der Waals surface area contributed by atoms with Gasteiger partial charge in [0.05, 0.1) is 12.2 Å². The number of aliphatic hydroxyl groups is 1. The fourth-order valence-corrected chi connectivity index (χ4v) is 3.29. The predicted molar refractivity (Wildman–Crippen MR) is 84.4 cm³/mol. The first kappa shape index (κ1) is 12.9. The molecular formula is C18H19NO2. The Labute approximate surface area is 123 Å². The maximum atomic E-state index is 10.5. The minimum absolute atomic E-state index is 0.207. The Morgan fingerprint density at radius 1 is 1.14 bits per heavy atom. The molecule has 1 aliphatic heterocycles. The zero-order chi connectivity index (χ0) is 14.2. The predicted octanol–water partition coefficient (Wildman–Crippen LogP) is 3.92. The van der Waals surface area contributed by atoms with Crippen molar-refractivity contribution in [1.29, 1.82) is 0 Å². The first-order valence-corrected chi connectivity index (χ1v) is 7.61. The van der Waals surface area contributed by atoms with Crippen LogP contribution in [0.3, 0.4) is 0 Å². The number of para-hydroxylation sites is 1. The summed E-state index contributed by atoms with van der Waals surface area (Å²) >= 11 is 0. The number of fused-ring (bicyclic) bond motifs is 3. The largest absolute Gasteiger partial charge is 0.388 e. The van der Waals surface area contributed by atoms with Crippen LogP contribution in [0.5, 0.6) is 0 Å². The van der Waals surface area contributed by atoms with Crippen molar-refractivity contribution in [1.82, 2.24) is 4.98 Å². The lowest BCUT2D eigenvalue weighted by molar-refractivity contribution is 0.0535. The number of rotatable bonds is 3. The molecule has 0 bridgehead atoms. The highest BCUT2D eigenvalue weighted by molar-refractivity contribution is 6.07. The normalized spacial score (nSPS) is 20.3. The van der Waals surface area contributed by atoms with Crippen LogP contribution in [0, 0.1) is 0 Å². The van der Waals surface area contributed by atoms with E-state index in [4.69, 9.17) is 4.74 Å². The Morgan fingerprint density at radius 3 is 2.86 bits per heavy atom. The van der Waals surface area contributed by atoms with Crippen molar-refractivity contribution in [2.75, 3.05) is 6.61 Å². The van der Waals surface area contributed by atoms with Gasteiger partial charge in [-0.25, -0.2) is 0 Å². The molecule has 3 aromatic rings. The van der Waals surface area contributed by atoms with Crippen LogP contribution in [0.2, 0.25) is 0 Å². The topological polar surface area (TPSA) is 45.2 Å². The van der Waals surface area contributed by atoms with Gasteiger partial charge in [0, 0.05) is 34.8 Å². The van der Waals surface area contributed by atoms with Crippen molar-refractivity contribution >= 4 is 21.8 Å². The maximum absolute atomic E-state index is 10.5. The summed E-state index contributed by atoms with van der Waals surface area (Å²) in [6.45, 7) is 0.832. The third-order valence-electron chi connectivity index (χ3n) is 4.43. The van der Waals surface area contributed by atoms with Gasteiger partial charge >= 0.3 is 0 Å². The summed E-state index contributed by atoms with van der Waals surface area (Å²) in [5.41, 5.74) is 3.23. The second-order valence-electron chi connectivity index (χ2n) is 5.86. The number of aromatic nitrogens is 1.